The van der Waals surface area contributed by atoms with Gasteiger partial charge in [-0.3, -0.25) is 9.59 Å². The maximum absolute atomic E-state index is 13.9. The van der Waals surface area contributed by atoms with E-state index in [0.29, 0.717) is 29.3 Å². The molecule has 0 spiro atoms. The fraction of sp³-hybridized carbons (Fsp3) is 0.340. The van der Waals surface area contributed by atoms with Crippen LogP contribution in [0.25, 0.3) is 22.5 Å². The molecule has 0 aliphatic heterocycles. The number of hydrogen-bond acceptors (Lipinski definition) is 8. The van der Waals surface area contributed by atoms with Gasteiger partial charge in [-0.1, -0.05) is 126 Å². The van der Waals surface area contributed by atoms with Crippen LogP contribution in [-0.4, -0.2) is 63.8 Å². The number of methoxy groups -OCH3 is 1. The second-order valence-corrected chi connectivity index (χ2v) is 15.4. The summed E-state index contributed by atoms with van der Waals surface area (Å²) in [6.07, 6.45) is 7.92. The van der Waals surface area contributed by atoms with Crippen LogP contribution in [0.15, 0.2) is 109 Å². The van der Waals surface area contributed by atoms with Crippen molar-refractivity contribution in [2.45, 2.75) is 89.8 Å². The van der Waals surface area contributed by atoms with E-state index in [0.717, 1.165) is 34.4 Å². The monoisotopic (exact) mass is 786 g/mol. The van der Waals surface area contributed by atoms with Gasteiger partial charge in [-0.05, 0) is 58.4 Å². The molecule has 0 aliphatic carbocycles. The van der Waals surface area contributed by atoms with Crippen molar-refractivity contribution in [2.75, 3.05) is 13.7 Å². The van der Waals surface area contributed by atoms with Gasteiger partial charge in [-0.15, -0.1) is 0 Å². The van der Waals surface area contributed by atoms with Crippen molar-refractivity contribution in [3.8, 4) is 34.0 Å². The number of carboxylic acid groups (broad SMARTS) is 1. The minimum absolute atomic E-state index is 0.00633. The van der Waals surface area contributed by atoms with Crippen LogP contribution in [0.3, 0.4) is 0 Å². The lowest BCUT2D eigenvalue weighted by atomic mass is 9.86. The van der Waals surface area contributed by atoms with Gasteiger partial charge in [-0.25, -0.2) is 14.8 Å². The number of rotatable bonds is 19. The molecule has 0 saturated carbocycles. The van der Waals surface area contributed by atoms with Gasteiger partial charge in [-0.2, -0.15) is 0 Å². The standard InChI is InChI=1S/C47H54N4O7/c1-6-7-8-9-13-26-58-37-23-20-32(21-24-37)35-29-48-43(49-30-35)34-18-16-31(17-19-34)27-39(45(54)51-41(46(55)56)42(52)33-14-11-10-12-15-33)50-44(53)38-25-22-36(47(2,3)4)28-40(38)57-5/h10-12,14-25,28-30,39,41-42,52H,6-9,13,26-27H2,1-5H3,(H,50,53)(H,51,54)(H,55,56). The van der Waals surface area contributed by atoms with Crippen LogP contribution in [0.2, 0.25) is 0 Å². The molecule has 2 amide bonds. The molecule has 0 saturated heterocycles. The zero-order valence-corrected chi connectivity index (χ0v) is 33.9. The van der Waals surface area contributed by atoms with Crippen molar-refractivity contribution in [1.82, 2.24) is 20.6 Å². The highest BCUT2D eigenvalue weighted by Crippen LogP contribution is 2.29. The maximum Gasteiger partial charge on any atom is 0.329 e. The number of ether oxygens (including phenoxy) is 2. The third-order valence-corrected chi connectivity index (χ3v) is 9.96. The number of amides is 2. The minimum Gasteiger partial charge on any atom is -0.496 e. The lowest BCUT2D eigenvalue weighted by Crippen LogP contribution is -2.54. The SMILES string of the molecule is CCCCCCCOc1ccc(-c2cnc(-c3ccc(CC(NC(=O)c4ccc(C(C)(C)C)cc4OC)C(=O)NC(C(=O)O)C(O)c4ccccc4)cc3)nc2)cc1. The molecule has 5 rings (SSSR count). The molecule has 3 atom stereocenters. The first-order chi connectivity index (χ1) is 27.9. The fourth-order valence-electron chi connectivity index (χ4n) is 6.45. The Morgan fingerprint density at radius 3 is 2.05 bits per heavy atom. The second kappa shape index (κ2) is 20.4. The van der Waals surface area contributed by atoms with E-state index in [2.05, 4.69) is 27.5 Å². The van der Waals surface area contributed by atoms with Crippen LogP contribution < -0.4 is 20.1 Å². The van der Waals surface area contributed by atoms with Crippen molar-refractivity contribution in [1.29, 1.82) is 0 Å². The number of carbonyl (C=O) groups excluding carboxylic acids is 2. The lowest BCUT2D eigenvalue weighted by molar-refractivity contribution is -0.145. The summed E-state index contributed by atoms with van der Waals surface area (Å²) < 4.78 is 11.5. The Kier molecular flexibility index (Phi) is 15.1. The molecule has 3 unspecified atom stereocenters. The Balaban J connectivity index is 1.31. The molecule has 4 N–H and O–H groups in total. The Labute approximate surface area is 340 Å². The molecular formula is C47H54N4O7. The number of aliphatic carboxylic acids is 1. The minimum atomic E-state index is -1.69. The largest absolute Gasteiger partial charge is 0.496 e. The third-order valence-electron chi connectivity index (χ3n) is 9.96. The van der Waals surface area contributed by atoms with E-state index in [9.17, 15) is 24.6 Å². The van der Waals surface area contributed by atoms with E-state index in [4.69, 9.17) is 9.47 Å². The summed E-state index contributed by atoms with van der Waals surface area (Å²) in [5.41, 5.74) is 4.52. The van der Waals surface area contributed by atoms with Crippen LogP contribution in [0.1, 0.15) is 93.0 Å². The van der Waals surface area contributed by atoms with Crippen molar-refractivity contribution in [3.63, 3.8) is 0 Å². The lowest BCUT2D eigenvalue weighted by Gasteiger charge is -2.25. The first-order valence-corrected chi connectivity index (χ1v) is 19.8. The molecule has 5 aromatic rings. The highest BCUT2D eigenvalue weighted by molar-refractivity contribution is 6.00. The van der Waals surface area contributed by atoms with Gasteiger partial charge in [0, 0.05) is 29.9 Å². The third kappa shape index (κ3) is 11.7. The van der Waals surface area contributed by atoms with Gasteiger partial charge in [0.05, 0.1) is 19.3 Å². The smallest absolute Gasteiger partial charge is 0.329 e. The summed E-state index contributed by atoms with van der Waals surface area (Å²) in [5.74, 6) is -1.14. The highest BCUT2D eigenvalue weighted by Gasteiger charge is 2.33. The Bertz CT molecular complexity index is 2100. The van der Waals surface area contributed by atoms with E-state index < -0.39 is 36.0 Å². The topological polar surface area (TPSA) is 160 Å². The van der Waals surface area contributed by atoms with Gasteiger partial charge in [0.2, 0.25) is 5.91 Å². The normalized spacial score (nSPS) is 12.9. The average Bonchev–Trinajstić information content (AvgIpc) is 3.23. The van der Waals surface area contributed by atoms with Crippen molar-refractivity contribution in [2.24, 2.45) is 0 Å². The van der Waals surface area contributed by atoms with Crippen molar-refractivity contribution >= 4 is 17.8 Å². The molecular weight excluding hydrogens is 733 g/mol. The Hall–Kier alpha value is -6.07. The Morgan fingerprint density at radius 2 is 1.43 bits per heavy atom. The van der Waals surface area contributed by atoms with E-state index in [1.165, 1.54) is 32.8 Å². The van der Waals surface area contributed by atoms with Gasteiger partial charge in [0.15, 0.2) is 11.9 Å². The number of hydrogen-bond donors (Lipinski definition) is 4. The number of aromatic nitrogens is 2. The van der Waals surface area contributed by atoms with Crippen LogP contribution in [-0.2, 0) is 21.4 Å². The van der Waals surface area contributed by atoms with Crippen LogP contribution in [0.4, 0.5) is 0 Å². The van der Waals surface area contributed by atoms with E-state index in [1.807, 2.05) is 63.2 Å². The molecule has 4 aromatic carbocycles. The zero-order chi connectivity index (χ0) is 41.7. The second-order valence-electron chi connectivity index (χ2n) is 15.4. The number of nitrogens with zero attached hydrogens (tertiary/aromatic N) is 2. The number of carbonyl (C=O) groups is 3. The van der Waals surface area contributed by atoms with E-state index in [-0.39, 0.29) is 17.4 Å². The molecule has 11 heteroatoms. The van der Waals surface area contributed by atoms with Gasteiger partial charge < -0.3 is 30.3 Å². The first-order valence-electron chi connectivity index (χ1n) is 19.8. The quantitative estimate of drug-likeness (QED) is 0.0607. The molecule has 0 aliphatic rings. The zero-order valence-electron chi connectivity index (χ0n) is 33.9. The van der Waals surface area contributed by atoms with Crippen molar-refractivity contribution < 1.29 is 34.1 Å². The predicted molar refractivity (Wildman–Crippen MR) is 225 cm³/mol. The summed E-state index contributed by atoms with van der Waals surface area (Å²) in [6.45, 7) is 9.04. The summed E-state index contributed by atoms with van der Waals surface area (Å²) in [5, 5.41) is 26.3. The fourth-order valence-corrected chi connectivity index (χ4v) is 6.45. The van der Waals surface area contributed by atoms with Gasteiger partial charge >= 0.3 is 5.97 Å². The number of aliphatic hydroxyl groups excluding tert-OH is 1. The molecule has 0 radical (unpaired) electrons. The number of aliphatic hydroxyl groups is 1. The highest BCUT2D eigenvalue weighted by atomic mass is 16.5. The number of nitrogens with one attached hydrogen (secondary N) is 2. The molecule has 1 aromatic heterocycles. The summed E-state index contributed by atoms with van der Waals surface area (Å²) in [4.78, 5) is 49.2. The predicted octanol–water partition coefficient (Wildman–Crippen LogP) is 8.11. The summed E-state index contributed by atoms with van der Waals surface area (Å²) >= 11 is 0. The number of carboxylic acids is 1. The Morgan fingerprint density at radius 1 is 0.776 bits per heavy atom. The van der Waals surface area contributed by atoms with E-state index >= 15 is 0 Å². The number of benzene rings is 4. The molecule has 0 fully saturated rings. The number of unbranched alkanes of at least 4 members (excludes halogenated alkanes) is 4. The summed E-state index contributed by atoms with van der Waals surface area (Å²) in [6, 6.07) is 25.7. The van der Waals surface area contributed by atoms with Gasteiger partial charge in [0.1, 0.15) is 23.6 Å². The molecule has 0 bridgehead atoms. The molecule has 58 heavy (non-hydrogen) atoms. The molecule has 11 nitrogen and oxygen atoms in total. The first kappa shape index (κ1) is 43.1. The van der Waals surface area contributed by atoms with Crippen LogP contribution in [0, 0.1) is 0 Å². The van der Waals surface area contributed by atoms with Crippen LogP contribution in [0.5, 0.6) is 11.5 Å². The maximum atomic E-state index is 13.9. The summed E-state index contributed by atoms with van der Waals surface area (Å²) in [7, 11) is 1.47. The van der Waals surface area contributed by atoms with E-state index in [1.54, 1.807) is 67.0 Å². The average molecular weight is 787 g/mol. The van der Waals surface area contributed by atoms with Crippen LogP contribution >= 0.6 is 0 Å². The van der Waals surface area contributed by atoms with Gasteiger partial charge in [0.25, 0.3) is 5.91 Å². The molecule has 304 valence electrons. The van der Waals surface area contributed by atoms with Crippen molar-refractivity contribution in [3.05, 3.63) is 132 Å². The molecule has 1 heterocycles.